The third-order valence-electron chi connectivity index (χ3n) is 4.69. The summed E-state index contributed by atoms with van der Waals surface area (Å²) in [4.78, 5) is 21.4. The number of amides is 1. The van der Waals surface area contributed by atoms with E-state index in [0.29, 0.717) is 34.7 Å². The Hall–Kier alpha value is -1.76. The maximum atomic E-state index is 13.3. The van der Waals surface area contributed by atoms with Crippen LogP contribution in [0, 0.1) is 12.8 Å². The molecule has 2 unspecified atom stereocenters. The van der Waals surface area contributed by atoms with Crippen LogP contribution in [0.15, 0.2) is 30.3 Å². The Morgan fingerprint density at radius 2 is 2.06 bits per heavy atom. The van der Waals surface area contributed by atoms with Crippen LogP contribution in [0.25, 0.3) is 11.2 Å². The summed E-state index contributed by atoms with van der Waals surface area (Å²) in [6, 6.07) is 9.00. The van der Waals surface area contributed by atoms with Crippen molar-refractivity contribution in [3.8, 4) is 5.75 Å². The Labute approximate surface area is 202 Å². The Morgan fingerprint density at radius 3 is 2.72 bits per heavy atom. The minimum Gasteiger partial charge on any atom is -0.407 e. The molecule has 0 aliphatic heterocycles. The van der Waals surface area contributed by atoms with Crippen LogP contribution in [0.4, 0.5) is 26.0 Å². The van der Waals surface area contributed by atoms with Crippen molar-refractivity contribution in [2.24, 2.45) is 5.92 Å². The molecule has 0 saturated heterocycles. The zero-order chi connectivity index (χ0) is 23.0. The SMILES string of the molecule is Cc1nc2c(Nc3ccccc3OSN(C)C)cc(NC(=O)C3CC3(F)F)nc2n1PI. The fourth-order valence-corrected chi connectivity index (χ4v) is 5.55. The molecule has 0 bridgehead atoms. The minimum absolute atomic E-state index is 0.185. The van der Waals surface area contributed by atoms with Gasteiger partial charge in [-0.25, -0.2) is 23.1 Å². The molecular weight excluding hydrogens is 572 g/mol. The average Bonchev–Trinajstić information content (AvgIpc) is 3.25. The van der Waals surface area contributed by atoms with Crippen LogP contribution in [0.5, 0.6) is 5.75 Å². The second kappa shape index (κ2) is 9.24. The highest BCUT2D eigenvalue weighted by atomic mass is 127. The lowest BCUT2D eigenvalue weighted by molar-refractivity contribution is -0.119. The number of imidazole rings is 1. The number of pyridine rings is 1. The van der Waals surface area contributed by atoms with Gasteiger partial charge >= 0.3 is 0 Å². The van der Waals surface area contributed by atoms with Crippen LogP contribution in [0.2, 0.25) is 0 Å². The van der Waals surface area contributed by atoms with Crippen molar-refractivity contribution in [2.45, 2.75) is 19.3 Å². The maximum Gasteiger partial charge on any atom is 0.260 e. The molecule has 0 spiro atoms. The van der Waals surface area contributed by atoms with Crippen molar-refractivity contribution in [2.75, 3.05) is 24.7 Å². The standard InChI is InChI=1S/C19H20F2IN6O2PS/c1-10-23-16-13(24-12-6-4-5-7-14(12)30-32-27(2)3)8-15(25-17(16)28(10)31-22)26-18(29)11-9-19(11,20)21/h4-8,11,31H,9H2,1-3H3,(H2,24,25,26,29). The van der Waals surface area contributed by atoms with Crippen molar-refractivity contribution in [3.63, 3.8) is 0 Å². The van der Waals surface area contributed by atoms with Gasteiger partial charge in [0.2, 0.25) is 5.91 Å². The summed E-state index contributed by atoms with van der Waals surface area (Å²) in [5, 5.41) is 5.85. The number of nitrogens with one attached hydrogen (secondary N) is 2. The molecule has 1 saturated carbocycles. The number of hydrogen-bond donors (Lipinski definition) is 2. The van der Waals surface area contributed by atoms with Gasteiger partial charge in [0.1, 0.15) is 35.3 Å². The molecule has 2 atom stereocenters. The summed E-state index contributed by atoms with van der Waals surface area (Å²) in [5.41, 5.74) is 2.43. The smallest absolute Gasteiger partial charge is 0.260 e. The van der Waals surface area contributed by atoms with Gasteiger partial charge in [-0.2, -0.15) is 0 Å². The first-order valence-corrected chi connectivity index (χ1v) is 14.3. The Balaban J connectivity index is 1.71. The number of carbonyl (C=O) groups is 1. The molecule has 4 rings (SSSR count). The number of para-hydroxylation sites is 2. The van der Waals surface area contributed by atoms with Gasteiger partial charge in [-0.3, -0.25) is 9.13 Å². The predicted octanol–water partition coefficient (Wildman–Crippen LogP) is 5.37. The summed E-state index contributed by atoms with van der Waals surface area (Å²) in [7, 11) is 3.73. The number of carbonyl (C=O) groups excluding carboxylic acids is 1. The first-order valence-electron chi connectivity index (χ1n) is 9.53. The molecule has 1 amide bonds. The molecule has 1 aliphatic rings. The molecule has 8 nitrogen and oxygen atoms in total. The lowest BCUT2D eigenvalue weighted by atomic mass is 10.2. The number of rotatable bonds is 8. The van der Waals surface area contributed by atoms with Crippen LogP contribution >= 0.6 is 40.6 Å². The van der Waals surface area contributed by atoms with E-state index >= 15 is 0 Å². The molecule has 13 heteroatoms. The molecule has 32 heavy (non-hydrogen) atoms. The van der Waals surface area contributed by atoms with Gasteiger partial charge in [0.25, 0.3) is 5.92 Å². The quantitative estimate of drug-likeness (QED) is 0.158. The number of alkyl halides is 2. The van der Waals surface area contributed by atoms with Gasteiger partial charge in [0.05, 0.1) is 17.7 Å². The van der Waals surface area contributed by atoms with E-state index in [1.165, 1.54) is 12.2 Å². The van der Waals surface area contributed by atoms with Gasteiger partial charge in [-0.1, -0.05) is 12.1 Å². The molecule has 2 heterocycles. The zero-order valence-corrected chi connectivity index (χ0v) is 21.3. The van der Waals surface area contributed by atoms with E-state index in [0.717, 1.165) is 5.82 Å². The van der Waals surface area contributed by atoms with E-state index in [1.807, 2.05) is 53.9 Å². The Bertz CT molecular complexity index is 1180. The number of hydrogen-bond acceptors (Lipinski definition) is 7. The largest absolute Gasteiger partial charge is 0.407 e. The summed E-state index contributed by atoms with van der Waals surface area (Å²) in [5.74, 6) is -3.45. The third-order valence-corrected chi connectivity index (χ3v) is 7.40. The van der Waals surface area contributed by atoms with Crippen LogP contribution in [-0.2, 0) is 4.79 Å². The lowest BCUT2D eigenvalue weighted by Crippen LogP contribution is -2.18. The molecule has 1 fully saturated rings. The molecule has 170 valence electrons. The van der Waals surface area contributed by atoms with Crippen LogP contribution in [-0.4, -0.2) is 44.5 Å². The molecule has 2 aromatic heterocycles. The number of aromatic nitrogens is 3. The first-order chi connectivity index (χ1) is 15.2. The number of halogens is 3. The van der Waals surface area contributed by atoms with Crippen molar-refractivity contribution in [3.05, 3.63) is 36.2 Å². The number of aryl methyl sites for hydroxylation is 1. The molecule has 1 aliphatic carbocycles. The Kier molecular flexibility index (Phi) is 6.76. The van der Waals surface area contributed by atoms with Crippen LogP contribution in [0.1, 0.15) is 12.2 Å². The molecular formula is C19H20F2IN6O2PS. The van der Waals surface area contributed by atoms with Crippen molar-refractivity contribution in [1.82, 2.24) is 18.6 Å². The normalized spacial score (nSPS) is 17.3. The molecule has 1 aromatic carbocycles. The summed E-state index contributed by atoms with van der Waals surface area (Å²) in [6.07, 6.45) is -0.113. The number of nitrogens with zero attached hydrogens (tertiary/aromatic N) is 4. The van der Waals surface area contributed by atoms with E-state index < -0.39 is 24.2 Å². The fraction of sp³-hybridized carbons (Fsp3) is 0.316. The number of benzene rings is 1. The number of anilines is 3. The van der Waals surface area contributed by atoms with Gasteiger partial charge in [-0.15, -0.1) is 0 Å². The summed E-state index contributed by atoms with van der Waals surface area (Å²) < 4.78 is 36.2. The third kappa shape index (κ3) is 4.92. The van der Waals surface area contributed by atoms with Crippen molar-refractivity contribution >= 4 is 74.9 Å². The topological polar surface area (TPSA) is 84.3 Å². The monoisotopic (exact) mass is 592 g/mol. The van der Waals surface area contributed by atoms with Gasteiger partial charge in [0, 0.05) is 26.6 Å². The van der Waals surface area contributed by atoms with Gasteiger partial charge in [0.15, 0.2) is 11.4 Å². The highest BCUT2D eigenvalue weighted by Crippen LogP contribution is 2.49. The molecule has 3 aromatic rings. The lowest BCUT2D eigenvalue weighted by Gasteiger charge is -2.15. The average molecular weight is 592 g/mol. The van der Waals surface area contributed by atoms with Crippen molar-refractivity contribution in [1.29, 1.82) is 0 Å². The second-order valence-corrected chi connectivity index (χ2v) is 10.5. The molecule has 2 N–H and O–H groups in total. The zero-order valence-electron chi connectivity index (χ0n) is 17.3. The van der Waals surface area contributed by atoms with E-state index in [-0.39, 0.29) is 5.82 Å². The predicted molar refractivity (Wildman–Crippen MR) is 133 cm³/mol. The second-order valence-electron chi connectivity index (χ2n) is 7.40. The highest BCUT2D eigenvalue weighted by Gasteiger charge is 2.61. The van der Waals surface area contributed by atoms with E-state index in [1.54, 1.807) is 6.07 Å². The highest BCUT2D eigenvalue weighted by molar-refractivity contribution is 14.2. The molecule has 0 radical (unpaired) electrons. The first kappa shape index (κ1) is 23.4. The Morgan fingerprint density at radius 1 is 1.34 bits per heavy atom. The summed E-state index contributed by atoms with van der Waals surface area (Å²) in [6.45, 7) is 1.87. The maximum absolute atomic E-state index is 13.3. The fourth-order valence-electron chi connectivity index (χ4n) is 3.03. The van der Waals surface area contributed by atoms with Crippen LogP contribution in [0.3, 0.4) is 0 Å². The van der Waals surface area contributed by atoms with E-state index in [2.05, 4.69) is 42.6 Å². The van der Waals surface area contributed by atoms with Gasteiger partial charge < -0.3 is 14.8 Å². The summed E-state index contributed by atoms with van der Waals surface area (Å²) >= 11 is 3.40. The van der Waals surface area contributed by atoms with Crippen molar-refractivity contribution < 1.29 is 17.8 Å². The van der Waals surface area contributed by atoms with E-state index in [9.17, 15) is 13.6 Å². The van der Waals surface area contributed by atoms with Crippen LogP contribution < -0.4 is 14.8 Å². The van der Waals surface area contributed by atoms with E-state index in [4.69, 9.17) is 4.18 Å². The number of fused-ring (bicyclic) bond motifs is 1. The minimum atomic E-state index is -2.95. The van der Waals surface area contributed by atoms with Gasteiger partial charge in [-0.05, 0) is 41.1 Å².